The number of nitrogens with one attached hydrogen (secondary N) is 1. The van der Waals surface area contributed by atoms with Gasteiger partial charge in [-0.2, -0.15) is 4.39 Å². The normalized spacial score (nSPS) is 10.1. The van der Waals surface area contributed by atoms with E-state index in [2.05, 4.69) is 10.3 Å². The fourth-order valence-corrected chi connectivity index (χ4v) is 1.64. The lowest BCUT2D eigenvalue weighted by Crippen LogP contribution is -2.12. The zero-order chi connectivity index (χ0) is 13.1. The lowest BCUT2D eigenvalue weighted by Gasteiger charge is -2.05. The Labute approximate surface area is 116 Å². The van der Waals surface area contributed by atoms with Crippen LogP contribution in [0.25, 0.3) is 0 Å². The van der Waals surface area contributed by atoms with Crippen molar-refractivity contribution in [2.75, 3.05) is 5.32 Å². The van der Waals surface area contributed by atoms with E-state index in [9.17, 15) is 14.3 Å². The molecular weight excluding hydrogens is 350 g/mol. The van der Waals surface area contributed by atoms with Crippen molar-refractivity contribution < 1.29 is 14.3 Å². The van der Waals surface area contributed by atoms with Crippen LogP contribution in [0.5, 0.6) is 5.75 Å². The molecule has 6 heteroatoms. The number of aromatic hydroxyl groups is 1. The molecular formula is C12H8FIN2O2. The average molecular weight is 358 g/mol. The van der Waals surface area contributed by atoms with Crippen LogP contribution < -0.4 is 5.32 Å². The van der Waals surface area contributed by atoms with Gasteiger partial charge >= 0.3 is 0 Å². The number of halogens is 2. The molecule has 0 saturated heterocycles. The molecule has 1 aromatic heterocycles. The van der Waals surface area contributed by atoms with Crippen LogP contribution in [0.2, 0.25) is 0 Å². The van der Waals surface area contributed by atoms with Crippen LogP contribution in [0.15, 0.2) is 36.5 Å². The summed E-state index contributed by atoms with van der Waals surface area (Å²) in [7, 11) is 0. The summed E-state index contributed by atoms with van der Waals surface area (Å²) in [5, 5.41) is 12.1. The number of carbonyl (C=O) groups excluding carboxylic acids is 1. The second kappa shape index (κ2) is 5.30. The lowest BCUT2D eigenvalue weighted by molar-refractivity contribution is 0.102. The van der Waals surface area contributed by atoms with Gasteiger partial charge in [0.2, 0.25) is 5.95 Å². The van der Waals surface area contributed by atoms with Crippen LogP contribution in [0.4, 0.5) is 10.1 Å². The van der Waals surface area contributed by atoms with Crippen molar-refractivity contribution in [3.05, 3.63) is 51.6 Å². The predicted molar refractivity (Wildman–Crippen MR) is 73.0 cm³/mol. The summed E-state index contributed by atoms with van der Waals surface area (Å²) in [4.78, 5) is 15.2. The molecule has 0 aliphatic carbocycles. The second-order valence-corrected chi connectivity index (χ2v) is 4.65. The molecule has 0 unspecified atom stereocenters. The number of phenols is 1. The number of phenolic OH excluding ortho intramolecular Hbond substituents is 1. The second-order valence-electron chi connectivity index (χ2n) is 3.49. The Hall–Kier alpha value is -1.70. The van der Waals surface area contributed by atoms with E-state index in [-0.39, 0.29) is 5.75 Å². The zero-order valence-corrected chi connectivity index (χ0v) is 11.2. The van der Waals surface area contributed by atoms with E-state index in [1.165, 1.54) is 18.3 Å². The minimum Gasteiger partial charge on any atom is -0.507 e. The summed E-state index contributed by atoms with van der Waals surface area (Å²) in [5.74, 6) is -0.963. The quantitative estimate of drug-likeness (QED) is 0.641. The molecule has 2 rings (SSSR count). The number of aromatic nitrogens is 1. The average Bonchev–Trinajstić information content (AvgIpc) is 2.35. The number of hydrogen-bond donors (Lipinski definition) is 2. The maximum Gasteiger partial charge on any atom is 0.255 e. The van der Waals surface area contributed by atoms with Crippen LogP contribution in [0.3, 0.4) is 0 Å². The number of nitrogens with zero attached hydrogens (tertiary/aromatic N) is 1. The number of amides is 1. The monoisotopic (exact) mass is 358 g/mol. The highest BCUT2D eigenvalue weighted by Crippen LogP contribution is 2.21. The van der Waals surface area contributed by atoms with Crippen molar-refractivity contribution in [3.8, 4) is 5.75 Å². The van der Waals surface area contributed by atoms with Gasteiger partial charge in [0.15, 0.2) is 0 Å². The summed E-state index contributed by atoms with van der Waals surface area (Å²) >= 11 is 1.96. The summed E-state index contributed by atoms with van der Waals surface area (Å²) in [6.45, 7) is 0. The van der Waals surface area contributed by atoms with Gasteiger partial charge in [0.25, 0.3) is 5.91 Å². The number of anilines is 1. The van der Waals surface area contributed by atoms with Gasteiger partial charge in [-0.15, -0.1) is 0 Å². The minimum absolute atomic E-state index is 0.0421. The van der Waals surface area contributed by atoms with Gasteiger partial charge in [-0.3, -0.25) is 4.79 Å². The van der Waals surface area contributed by atoms with Crippen molar-refractivity contribution in [2.45, 2.75) is 0 Å². The van der Waals surface area contributed by atoms with Gasteiger partial charge in [-0.25, -0.2) is 4.98 Å². The maximum atomic E-state index is 12.6. The highest BCUT2D eigenvalue weighted by Gasteiger charge is 2.08. The van der Waals surface area contributed by atoms with Crippen LogP contribution >= 0.6 is 22.6 Å². The molecule has 1 heterocycles. The van der Waals surface area contributed by atoms with Gasteiger partial charge in [0.1, 0.15) is 5.75 Å². The molecule has 2 N–H and O–H groups in total. The van der Waals surface area contributed by atoms with E-state index < -0.39 is 11.9 Å². The van der Waals surface area contributed by atoms with Crippen molar-refractivity contribution in [3.63, 3.8) is 0 Å². The Morgan fingerprint density at radius 2 is 2.11 bits per heavy atom. The van der Waals surface area contributed by atoms with E-state index in [0.29, 0.717) is 14.8 Å². The SMILES string of the molecule is O=C(Nc1ccc(F)nc1)c1ccc(I)c(O)c1. The minimum atomic E-state index is -0.611. The van der Waals surface area contributed by atoms with Gasteiger partial charge in [0, 0.05) is 5.56 Å². The Morgan fingerprint density at radius 3 is 2.72 bits per heavy atom. The highest BCUT2D eigenvalue weighted by atomic mass is 127. The van der Waals surface area contributed by atoms with E-state index in [0.717, 1.165) is 6.07 Å². The Morgan fingerprint density at radius 1 is 1.33 bits per heavy atom. The van der Waals surface area contributed by atoms with Gasteiger partial charge in [-0.1, -0.05) is 0 Å². The molecule has 4 nitrogen and oxygen atoms in total. The third-order valence-electron chi connectivity index (χ3n) is 2.19. The number of pyridine rings is 1. The van der Waals surface area contributed by atoms with Crippen molar-refractivity contribution in [2.24, 2.45) is 0 Å². The zero-order valence-electron chi connectivity index (χ0n) is 9.02. The van der Waals surface area contributed by atoms with E-state index in [4.69, 9.17) is 0 Å². The molecule has 0 fully saturated rings. The van der Waals surface area contributed by atoms with Crippen molar-refractivity contribution in [1.29, 1.82) is 0 Å². The highest BCUT2D eigenvalue weighted by molar-refractivity contribution is 14.1. The third kappa shape index (κ3) is 2.95. The first-order chi connectivity index (χ1) is 8.56. The largest absolute Gasteiger partial charge is 0.507 e. The van der Waals surface area contributed by atoms with E-state index >= 15 is 0 Å². The molecule has 1 aromatic carbocycles. The Balaban J connectivity index is 2.16. The molecule has 0 saturated carbocycles. The first-order valence-electron chi connectivity index (χ1n) is 4.97. The Bertz CT molecular complexity index is 587. The first kappa shape index (κ1) is 12.7. The van der Waals surface area contributed by atoms with Crippen LogP contribution in [-0.2, 0) is 0 Å². The summed E-state index contributed by atoms with van der Waals surface area (Å²) in [6, 6.07) is 7.16. The molecule has 0 aliphatic heterocycles. The van der Waals surface area contributed by atoms with Crippen LogP contribution in [0.1, 0.15) is 10.4 Å². The van der Waals surface area contributed by atoms with Gasteiger partial charge in [0.05, 0.1) is 15.5 Å². The van der Waals surface area contributed by atoms with Crippen molar-refractivity contribution in [1.82, 2.24) is 4.98 Å². The number of rotatable bonds is 2. The fourth-order valence-electron chi connectivity index (χ4n) is 1.31. The van der Waals surface area contributed by atoms with Crippen LogP contribution in [0, 0.1) is 9.52 Å². The molecule has 0 bridgehead atoms. The maximum absolute atomic E-state index is 12.6. The number of hydrogen-bond acceptors (Lipinski definition) is 3. The van der Waals surface area contributed by atoms with Gasteiger partial charge < -0.3 is 10.4 Å². The van der Waals surface area contributed by atoms with E-state index in [1.54, 1.807) is 12.1 Å². The molecule has 0 aliphatic rings. The first-order valence-corrected chi connectivity index (χ1v) is 6.05. The smallest absolute Gasteiger partial charge is 0.255 e. The third-order valence-corrected chi connectivity index (χ3v) is 3.11. The molecule has 1 amide bonds. The lowest BCUT2D eigenvalue weighted by atomic mass is 10.2. The van der Waals surface area contributed by atoms with E-state index in [1.807, 2.05) is 22.6 Å². The van der Waals surface area contributed by atoms with Crippen molar-refractivity contribution >= 4 is 34.2 Å². The summed E-state index contributed by atoms with van der Waals surface area (Å²) in [5.41, 5.74) is 0.705. The molecule has 0 spiro atoms. The predicted octanol–water partition coefficient (Wildman–Crippen LogP) is 2.78. The molecule has 0 atom stereocenters. The summed E-state index contributed by atoms with van der Waals surface area (Å²) < 4.78 is 13.2. The fraction of sp³-hybridized carbons (Fsp3) is 0. The van der Waals surface area contributed by atoms with Crippen LogP contribution in [-0.4, -0.2) is 16.0 Å². The molecule has 2 aromatic rings. The molecule has 92 valence electrons. The Kier molecular flexibility index (Phi) is 3.75. The van der Waals surface area contributed by atoms with Gasteiger partial charge in [-0.05, 0) is 52.9 Å². The summed E-state index contributed by atoms with van der Waals surface area (Å²) in [6.07, 6.45) is 1.22. The molecule has 18 heavy (non-hydrogen) atoms. The topological polar surface area (TPSA) is 62.2 Å². The number of carbonyl (C=O) groups is 1. The number of benzene rings is 1. The molecule has 0 radical (unpaired) electrons. The standard InChI is InChI=1S/C12H8FIN2O2/c13-11-4-2-8(6-15-11)16-12(18)7-1-3-9(14)10(17)5-7/h1-6,17H,(H,16,18).